The highest BCUT2D eigenvalue weighted by Crippen LogP contribution is 2.29. The number of anilines is 1. The molecule has 4 rings (SSSR count). The van der Waals surface area contributed by atoms with Gasteiger partial charge in [0.05, 0.1) is 25.5 Å². The summed E-state index contributed by atoms with van der Waals surface area (Å²) in [6.45, 7) is 2.58. The summed E-state index contributed by atoms with van der Waals surface area (Å²) in [4.78, 5) is 33.7. The number of para-hydroxylation sites is 1. The number of nitrogens with zero attached hydrogens (tertiary/aromatic N) is 1. The Bertz CT molecular complexity index is 1370. The van der Waals surface area contributed by atoms with Crippen LogP contribution in [0.4, 0.5) is 10.5 Å². The molecule has 2 amide bonds. The summed E-state index contributed by atoms with van der Waals surface area (Å²) in [7, 11) is 1.29. The fourth-order valence-corrected chi connectivity index (χ4v) is 5.06. The number of hydrogen-bond acceptors (Lipinski definition) is 6. The minimum absolute atomic E-state index is 0.0236. The number of aryl methyl sites for hydroxylation is 2. The van der Waals surface area contributed by atoms with Crippen molar-refractivity contribution in [2.24, 2.45) is 0 Å². The van der Waals surface area contributed by atoms with E-state index in [9.17, 15) is 14.7 Å². The highest BCUT2D eigenvalue weighted by atomic mass is 16.5. The van der Waals surface area contributed by atoms with Crippen LogP contribution in [-0.2, 0) is 16.0 Å². The van der Waals surface area contributed by atoms with Crippen LogP contribution in [0.3, 0.4) is 0 Å². The van der Waals surface area contributed by atoms with Crippen LogP contribution < -0.4 is 16.0 Å². The first-order chi connectivity index (χ1) is 20.5. The van der Waals surface area contributed by atoms with Crippen molar-refractivity contribution in [2.75, 3.05) is 25.6 Å². The van der Waals surface area contributed by atoms with Crippen LogP contribution in [0.15, 0.2) is 91.1 Å². The van der Waals surface area contributed by atoms with E-state index in [0.717, 1.165) is 54.0 Å². The maximum atomic E-state index is 13.9. The number of hydrogen-bond donors (Lipinski definition) is 5. The molecule has 4 aromatic rings. The molecule has 1 aromatic heterocycles. The number of aromatic amines is 1. The molecule has 2 atom stereocenters. The van der Waals surface area contributed by atoms with Gasteiger partial charge >= 0.3 is 6.09 Å². The first-order valence-electron chi connectivity index (χ1n) is 14.2. The molecule has 1 heterocycles. The number of benzene rings is 3. The predicted octanol–water partition coefficient (Wildman–Crippen LogP) is 4.86. The van der Waals surface area contributed by atoms with Crippen LogP contribution in [0, 0.1) is 6.92 Å². The SMILES string of the molecule is COC(=O)NC(C(=O)Nc1ccccc1CCCCNC(CO)c1cnc(C)[nH]1)C(c1ccccc1)c1ccccc1. The van der Waals surface area contributed by atoms with Gasteiger partial charge < -0.3 is 30.8 Å². The van der Waals surface area contributed by atoms with E-state index in [1.807, 2.05) is 91.9 Å². The van der Waals surface area contributed by atoms with Gasteiger partial charge in [0.2, 0.25) is 5.91 Å². The molecule has 0 saturated heterocycles. The monoisotopic (exact) mass is 569 g/mol. The molecule has 0 fully saturated rings. The molecular formula is C33H39N5O4. The van der Waals surface area contributed by atoms with Gasteiger partial charge in [-0.2, -0.15) is 0 Å². The van der Waals surface area contributed by atoms with Crippen molar-refractivity contribution in [1.29, 1.82) is 0 Å². The number of methoxy groups -OCH3 is 1. The molecular weight excluding hydrogens is 530 g/mol. The lowest BCUT2D eigenvalue weighted by molar-refractivity contribution is -0.118. The average Bonchev–Trinajstić information content (AvgIpc) is 3.46. The first-order valence-corrected chi connectivity index (χ1v) is 14.2. The highest BCUT2D eigenvalue weighted by molar-refractivity contribution is 5.98. The molecule has 3 aromatic carbocycles. The standard InChI is InChI=1S/C33H39N5O4/c1-23-35-21-28(36-23)29(22-39)34-20-12-11-14-24-13-9-10-19-27(24)37-32(40)31(38-33(41)42-2)30(25-15-5-3-6-16-25)26-17-7-4-8-18-26/h3-10,13,15-19,21,29-31,34,39H,11-12,14,20,22H2,1-2H3,(H,35,36)(H,37,40)(H,38,41). The van der Waals surface area contributed by atoms with Crippen molar-refractivity contribution in [3.8, 4) is 0 Å². The van der Waals surface area contributed by atoms with Crippen molar-refractivity contribution in [3.05, 3.63) is 119 Å². The Morgan fingerprint density at radius 1 is 0.929 bits per heavy atom. The second kappa shape index (κ2) is 15.5. The van der Waals surface area contributed by atoms with Crippen molar-refractivity contribution in [1.82, 2.24) is 20.6 Å². The van der Waals surface area contributed by atoms with Crippen molar-refractivity contribution in [2.45, 2.75) is 44.2 Å². The summed E-state index contributed by atoms with van der Waals surface area (Å²) < 4.78 is 4.90. The maximum Gasteiger partial charge on any atom is 0.407 e. The summed E-state index contributed by atoms with van der Waals surface area (Å²) in [5, 5.41) is 19.0. The number of alkyl carbamates (subject to hydrolysis) is 1. The Hall–Kier alpha value is -4.47. The van der Waals surface area contributed by atoms with E-state index in [1.165, 1.54) is 7.11 Å². The first kappa shape index (κ1) is 30.5. The Balaban J connectivity index is 1.46. The predicted molar refractivity (Wildman–Crippen MR) is 163 cm³/mol. The topological polar surface area (TPSA) is 128 Å². The molecule has 9 heteroatoms. The summed E-state index contributed by atoms with van der Waals surface area (Å²) in [5.74, 6) is 0.0301. The fraction of sp³-hybridized carbons (Fsp3) is 0.303. The number of H-pyrrole nitrogens is 1. The Morgan fingerprint density at radius 3 is 2.17 bits per heavy atom. The third kappa shape index (κ3) is 8.28. The zero-order valence-electron chi connectivity index (χ0n) is 24.0. The summed E-state index contributed by atoms with van der Waals surface area (Å²) >= 11 is 0. The Kier molecular flexibility index (Phi) is 11.3. The van der Waals surface area contributed by atoms with E-state index >= 15 is 0 Å². The van der Waals surface area contributed by atoms with Gasteiger partial charge in [-0.1, -0.05) is 78.9 Å². The molecule has 220 valence electrons. The fourth-order valence-electron chi connectivity index (χ4n) is 5.06. The van der Waals surface area contributed by atoms with Crippen molar-refractivity contribution in [3.63, 3.8) is 0 Å². The van der Waals surface area contributed by atoms with E-state index in [-0.39, 0.29) is 18.6 Å². The normalized spacial score (nSPS) is 12.5. The number of rotatable bonds is 14. The van der Waals surface area contributed by atoms with Gasteiger partial charge in [0, 0.05) is 17.8 Å². The number of aliphatic hydroxyl groups is 1. The number of carbonyl (C=O) groups excluding carboxylic acids is 2. The van der Waals surface area contributed by atoms with Crippen LogP contribution in [-0.4, -0.2) is 53.4 Å². The maximum absolute atomic E-state index is 13.9. The van der Waals surface area contributed by atoms with Gasteiger partial charge in [0.15, 0.2) is 0 Å². The van der Waals surface area contributed by atoms with Gasteiger partial charge in [-0.15, -0.1) is 0 Å². The molecule has 5 N–H and O–H groups in total. The Morgan fingerprint density at radius 2 is 1.57 bits per heavy atom. The minimum atomic E-state index is -0.930. The van der Waals surface area contributed by atoms with Crippen LogP contribution in [0.25, 0.3) is 0 Å². The van der Waals surface area contributed by atoms with Gasteiger partial charge in [-0.25, -0.2) is 9.78 Å². The number of unbranched alkanes of at least 4 members (excludes halogenated alkanes) is 1. The number of amides is 2. The zero-order chi connectivity index (χ0) is 29.7. The van der Waals surface area contributed by atoms with Gasteiger partial charge in [0.25, 0.3) is 0 Å². The van der Waals surface area contributed by atoms with Gasteiger partial charge in [0.1, 0.15) is 11.9 Å². The number of ether oxygens (including phenoxy) is 1. The van der Waals surface area contributed by atoms with Crippen LogP contribution in [0.5, 0.6) is 0 Å². The van der Waals surface area contributed by atoms with Crippen LogP contribution >= 0.6 is 0 Å². The average molecular weight is 570 g/mol. The largest absolute Gasteiger partial charge is 0.453 e. The number of aliphatic hydroxyl groups excluding tert-OH is 1. The van der Waals surface area contributed by atoms with Gasteiger partial charge in [-0.3, -0.25) is 4.79 Å². The number of nitrogens with one attached hydrogen (secondary N) is 4. The van der Waals surface area contributed by atoms with E-state index in [2.05, 4.69) is 25.9 Å². The van der Waals surface area contributed by atoms with E-state index in [1.54, 1.807) is 6.20 Å². The summed E-state index contributed by atoms with van der Waals surface area (Å²) in [5.41, 5.74) is 4.36. The summed E-state index contributed by atoms with van der Waals surface area (Å²) in [6, 6.07) is 25.9. The van der Waals surface area contributed by atoms with Crippen molar-refractivity contribution < 1.29 is 19.4 Å². The van der Waals surface area contributed by atoms with Gasteiger partial charge in [-0.05, 0) is 55.5 Å². The highest BCUT2D eigenvalue weighted by Gasteiger charge is 2.33. The second-order valence-electron chi connectivity index (χ2n) is 10.1. The molecule has 0 radical (unpaired) electrons. The second-order valence-corrected chi connectivity index (χ2v) is 10.1. The number of carbonyl (C=O) groups is 2. The Labute approximate surface area is 246 Å². The molecule has 0 aliphatic carbocycles. The molecule has 0 saturated carbocycles. The number of aromatic nitrogens is 2. The van der Waals surface area contributed by atoms with Crippen molar-refractivity contribution >= 4 is 17.7 Å². The third-order valence-corrected chi connectivity index (χ3v) is 7.21. The molecule has 0 bridgehead atoms. The number of imidazole rings is 1. The molecule has 0 spiro atoms. The minimum Gasteiger partial charge on any atom is -0.453 e. The molecule has 9 nitrogen and oxygen atoms in total. The lowest BCUT2D eigenvalue weighted by Crippen LogP contribution is -2.48. The zero-order valence-corrected chi connectivity index (χ0v) is 24.0. The molecule has 0 aliphatic heterocycles. The van der Waals surface area contributed by atoms with E-state index in [4.69, 9.17) is 4.74 Å². The van der Waals surface area contributed by atoms with E-state index in [0.29, 0.717) is 5.69 Å². The smallest absolute Gasteiger partial charge is 0.407 e. The quantitative estimate of drug-likeness (QED) is 0.138. The molecule has 2 unspecified atom stereocenters. The summed E-state index contributed by atoms with van der Waals surface area (Å²) in [6.07, 6.45) is 3.56. The molecule has 0 aliphatic rings. The van der Waals surface area contributed by atoms with E-state index < -0.39 is 18.1 Å². The van der Waals surface area contributed by atoms with Crippen LogP contribution in [0.2, 0.25) is 0 Å². The van der Waals surface area contributed by atoms with Crippen LogP contribution in [0.1, 0.15) is 53.0 Å². The lowest BCUT2D eigenvalue weighted by atomic mass is 9.84. The third-order valence-electron chi connectivity index (χ3n) is 7.21. The lowest BCUT2D eigenvalue weighted by Gasteiger charge is -2.28. The molecule has 42 heavy (non-hydrogen) atoms.